The Morgan fingerprint density at radius 3 is 2.83 bits per heavy atom. The van der Waals surface area contributed by atoms with Crippen molar-refractivity contribution in [2.45, 2.75) is 12.7 Å². The Morgan fingerprint density at radius 1 is 1.44 bits per heavy atom. The molecule has 1 amide bonds. The highest BCUT2D eigenvalue weighted by Crippen LogP contribution is 2.13. The van der Waals surface area contributed by atoms with Crippen LogP contribution in [0, 0.1) is 0 Å². The maximum absolute atomic E-state index is 11.4. The standard InChI is InChI=1S/C12H18N2O4/c1-16-8-11(12(15)14-13)18-7-9-4-3-5-10(6-9)17-2/h3-6,11H,7-8,13H2,1-2H3,(H,14,15). The lowest BCUT2D eigenvalue weighted by Gasteiger charge is -2.15. The number of hydrogen-bond donors (Lipinski definition) is 2. The number of methoxy groups -OCH3 is 2. The molecule has 0 spiro atoms. The van der Waals surface area contributed by atoms with E-state index in [1.54, 1.807) is 7.11 Å². The van der Waals surface area contributed by atoms with Crippen molar-refractivity contribution in [1.29, 1.82) is 0 Å². The molecule has 0 saturated carbocycles. The summed E-state index contributed by atoms with van der Waals surface area (Å²) >= 11 is 0. The van der Waals surface area contributed by atoms with Gasteiger partial charge in [-0.05, 0) is 17.7 Å². The monoisotopic (exact) mass is 254 g/mol. The quantitative estimate of drug-likeness (QED) is 0.413. The van der Waals surface area contributed by atoms with Crippen molar-refractivity contribution in [3.8, 4) is 5.75 Å². The topological polar surface area (TPSA) is 82.8 Å². The van der Waals surface area contributed by atoms with Gasteiger partial charge in [0.15, 0.2) is 6.10 Å². The van der Waals surface area contributed by atoms with Crippen molar-refractivity contribution >= 4 is 5.91 Å². The van der Waals surface area contributed by atoms with Crippen LogP contribution in [0.4, 0.5) is 0 Å². The molecule has 3 N–H and O–H groups in total. The van der Waals surface area contributed by atoms with E-state index in [1.165, 1.54) is 7.11 Å². The van der Waals surface area contributed by atoms with Gasteiger partial charge in [0.05, 0.1) is 20.3 Å². The van der Waals surface area contributed by atoms with E-state index in [1.807, 2.05) is 29.7 Å². The molecule has 0 aromatic heterocycles. The number of hydrazine groups is 1. The Kier molecular flexibility index (Phi) is 6.13. The second kappa shape index (κ2) is 7.65. The highest BCUT2D eigenvalue weighted by Gasteiger charge is 2.17. The molecule has 0 bridgehead atoms. The Labute approximate surface area is 106 Å². The van der Waals surface area contributed by atoms with Crippen LogP contribution < -0.4 is 16.0 Å². The molecule has 0 radical (unpaired) electrons. The van der Waals surface area contributed by atoms with Crippen LogP contribution in [0.5, 0.6) is 5.75 Å². The number of hydrogen-bond acceptors (Lipinski definition) is 5. The number of carbonyl (C=O) groups is 1. The summed E-state index contributed by atoms with van der Waals surface area (Å²) in [5, 5.41) is 0. The molecule has 0 saturated heterocycles. The average molecular weight is 254 g/mol. The van der Waals surface area contributed by atoms with Gasteiger partial charge in [-0.1, -0.05) is 12.1 Å². The van der Waals surface area contributed by atoms with Gasteiger partial charge >= 0.3 is 0 Å². The molecule has 1 aromatic carbocycles. The Balaban J connectivity index is 2.57. The first-order chi connectivity index (χ1) is 8.71. The van der Waals surface area contributed by atoms with E-state index in [4.69, 9.17) is 20.1 Å². The SMILES string of the molecule is COCC(OCc1cccc(OC)c1)C(=O)NN. The summed E-state index contributed by atoms with van der Waals surface area (Å²) in [6, 6.07) is 7.41. The minimum atomic E-state index is -0.730. The predicted molar refractivity (Wildman–Crippen MR) is 65.8 cm³/mol. The highest BCUT2D eigenvalue weighted by molar-refractivity contribution is 5.80. The lowest BCUT2D eigenvalue weighted by Crippen LogP contribution is -2.42. The zero-order valence-corrected chi connectivity index (χ0v) is 10.5. The largest absolute Gasteiger partial charge is 0.497 e. The maximum atomic E-state index is 11.4. The van der Waals surface area contributed by atoms with Crippen LogP contribution in [-0.2, 0) is 20.9 Å². The van der Waals surface area contributed by atoms with Crippen LogP contribution in [-0.4, -0.2) is 32.8 Å². The molecule has 0 heterocycles. The second-order valence-electron chi connectivity index (χ2n) is 3.62. The fourth-order valence-electron chi connectivity index (χ4n) is 1.40. The molecule has 0 aliphatic heterocycles. The average Bonchev–Trinajstić information content (AvgIpc) is 2.42. The maximum Gasteiger partial charge on any atom is 0.265 e. The van der Waals surface area contributed by atoms with Gasteiger partial charge in [-0.15, -0.1) is 0 Å². The van der Waals surface area contributed by atoms with Crippen molar-refractivity contribution in [2.75, 3.05) is 20.8 Å². The Morgan fingerprint density at radius 2 is 2.22 bits per heavy atom. The number of amides is 1. The lowest BCUT2D eigenvalue weighted by atomic mass is 10.2. The first-order valence-electron chi connectivity index (χ1n) is 5.45. The first-order valence-corrected chi connectivity index (χ1v) is 5.45. The van der Waals surface area contributed by atoms with Gasteiger partial charge in [-0.25, -0.2) is 5.84 Å². The highest BCUT2D eigenvalue weighted by atomic mass is 16.5. The molecule has 6 nitrogen and oxygen atoms in total. The third-order valence-corrected chi connectivity index (χ3v) is 2.34. The lowest BCUT2D eigenvalue weighted by molar-refractivity contribution is -0.137. The smallest absolute Gasteiger partial charge is 0.265 e. The Hall–Kier alpha value is -1.63. The summed E-state index contributed by atoms with van der Waals surface area (Å²) in [5.74, 6) is 5.38. The molecule has 0 fully saturated rings. The number of carbonyl (C=O) groups excluding carboxylic acids is 1. The molecule has 1 unspecified atom stereocenters. The van der Waals surface area contributed by atoms with E-state index in [9.17, 15) is 4.79 Å². The number of rotatable bonds is 7. The van der Waals surface area contributed by atoms with Crippen LogP contribution in [0.2, 0.25) is 0 Å². The van der Waals surface area contributed by atoms with Gasteiger partial charge in [0.1, 0.15) is 5.75 Å². The summed E-state index contributed by atoms with van der Waals surface area (Å²) in [5.41, 5.74) is 2.94. The predicted octanol–water partition coefficient (Wildman–Crippen LogP) is 0.217. The van der Waals surface area contributed by atoms with E-state index in [0.29, 0.717) is 0 Å². The van der Waals surface area contributed by atoms with E-state index in [0.717, 1.165) is 11.3 Å². The van der Waals surface area contributed by atoms with Gasteiger partial charge in [0.25, 0.3) is 5.91 Å². The summed E-state index contributed by atoms with van der Waals surface area (Å²) in [6.07, 6.45) is -0.730. The summed E-state index contributed by atoms with van der Waals surface area (Å²) in [7, 11) is 3.08. The molecular formula is C12H18N2O4. The van der Waals surface area contributed by atoms with Crippen LogP contribution >= 0.6 is 0 Å². The first kappa shape index (κ1) is 14.4. The van der Waals surface area contributed by atoms with Gasteiger partial charge < -0.3 is 14.2 Å². The van der Waals surface area contributed by atoms with Crippen LogP contribution in [0.1, 0.15) is 5.56 Å². The zero-order chi connectivity index (χ0) is 13.4. The van der Waals surface area contributed by atoms with Crippen molar-refractivity contribution in [2.24, 2.45) is 5.84 Å². The molecule has 0 aliphatic rings. The van der Waals surface area contributed by atoms with Crippen molar-refractivity contribution < 1.29 is 19.0 Å². The number of benzene rings is 1. The minimum Gasteiger partial charge on any atom is -0.497 e. The van der Waals surface area contributed by atoms with Crippen LogP contribution in [0.25, 0.3) is 0 Å². The number of nitrogens with two attached hydrogens (primary N) is 1. The molecule has 1 atom stereocenters. The fourth-order valence-corrected chi connectivity index (χ4v) is 1.40. The summed E-state index contributed by atoms with van der Waals surface area (Å²) in [6.45, 7) is 0.422. The number of nitrogens with one attached hydrogen (secondary N) is 1. The number of ether oxygens (including phenoxy) is 3. The fraction of sp³-hybridized carbons (Fsp3) is 0.417. The molecule has 6 heteroatoms. The summed E-state index contributed by atoms with van der Waals surface area (Å²) < 4.78 is 15.4. The van der Waals surface area contributed by atoms with Crippen LogP contribution in [0.3, 0.4) is 0 Å². The third kappa shape index (κ3) is 4.33. The van der Waals surface area contributed by atoms with E-state index in [2.05, 4.69) is 0 Å². The van der Waals surface area contributed by atoms with Crippen molar-refractivity contribution in [3.63, 3.8) is 0 Å². The zero-order valence-electron chi connectivity index (χ0n) is 10.5. The summed E-state index contributed by atoms with van der Waals surface area (Å²) in [4.78, 5) is 11.4. The normalized spacial score (nSPS) is 11.9. The second-order valence-corrected chi connectivity index (χ2v) is 3.62. The molecule has 0 aliphatic carbocycles. The molecule has 1 aromatic rings. The van der Waals surface area contributed by atoms with Gasteiger partial charge in [0.2, 0.25) is 0 Å². The van der Waals surface area contributed by atoms with Crippen LogP contribution in [0.15, 0.2) is 24.3 Å². The van der Waals surface area contributed by atoms with Crippen molar-refractivity contribution in [1.82, 2.24) is 5.43 Å². The van der Waals surface area contributed by atoms with Gasteiger partial charge in [0, 0.05) is 7.11 Å². The van der Waals surface area contributed by atoms with E-state index < -0.39 is 12.0 Å². The molecule has 18 heavy (non-hydrogen) atoms. The van der Waals surface area contributed by atoms with Gasteiger partial charge in [-0.2, -0.15) is 0 Å². The van der Waals surface area contributed by atoms with Crippen molar-refractivity contribution in [3.05, 3.63) is 29.8 Å². The van der Waals surface area contributed by atoms with E-state index >= 15 is 0 Å². The molecule has 100 valence electrons. The van der Waals surface area contributed by atoms with Gasteiger partial charge in [-0.3, -0.25) is 10.2 Å². The Bertz CT molecular complexity index is 384. The molecular weight excluding hydrogens is 236 g/mol. The minimum absolute atomic E-state index is 0.146. The molecule has 1 rings (SSSR count). The van der Waals surface area contributed by atoms with E-state index in [-0.39, 0.29) is 13.2 Å². The third-order valence-electron chi connectivity index (χ3n) is 2.34.